The first-order valence-corrected chi connectivity index (χ1v) is 5.42. The van der Waals surface area contributed by atoms with E-state index in [1.165, 1.54) is 6.42 Å². The molecule has 0 aromatic carbocycles. The molecule has 0 aromatic rings. The largest absolute Gasteiger partial charge is 0.444 e. The van der Waals surface area contributed by atoms with Crippen LogP contribution in [0.15, 0.2) is 0 Å². The summed E-state index contributed by atoms with van der Waals surface area (Å²) in [7, 11) is 0. The van der Waals surface area contributed by atoms with E-state index >= 15 is 0 Å². The van der Waals surface area contributed by atoms with Crippen LogP contribution in [0.2, 0.25) is 0 Å². The maximum absolute atomic E-state index is 11.4. The van der Waals surface area contributed by atoms with E-state index in [4.69, 9.17) is 4.74 Å². The minimum absolute atomic E-state index is 0.277. The Morgan fingerprint density at radius 2 is 2.07 bits per heavy atom. The van der Waals surface area contributed by atoms with Gasteiger partial charge in [0, 0.05) is 6.04 Å². The number of hydrogen-bond acceptors (Lipinski definition) is 2. The molecule has 3 heteroatoms. The van der Waals surface area contributed by atoms with Gasteiger partial charge in [0.25, 0.3) is 0 Å². The highest BCUT2D eigenvalue weighted by atomic mass is 16.6. The molecule has 14 heavy (non-hydrogen) atoms. The Morgan fingerprint density at radius 3 is 2.43 bits per heavy atom. The SMILES string of the molecule is CCC1CCC1NC(=O)OC(C)(C)C. The number of nitrogens with one attached hydrogen (secondary N) is 1. The van der Waals surface area contributed by atoms with E-state index in [1.807, 2.05) is 20.8 Å². The summed E-state index contributed by atoms with van der Waals surface area (Å²) in [5.41, 5.74) is -0.393. The van der Waals surface area contributed by atoms with Crippen LogP contribution in [0.4, 0.5) is 4.79 Å². The number of rotatable bonds is 2. The van der Waals surface area contributed by atoms with Gasteiger partial charge in [-0.05, 0) is 39.5 Å². The van der Waals surface area contributed by atoms with Crippen molar-refractivity contribution in [2.75, 3.05) is 0 Å². The number of hydrogen-bond donors (Lipinski definition) is 1. The van der Waals surface area contributed by atoms with Crippen LogP contribution in [0.3, 0.4) is 0 Å². The van der Waals surface area contributed by atoms with E-state index < -0.39 is 5.60 Å². The molecule has 0 spiro atoms. The second-order valence-electron chi connectivity index (χ2n) is 5.00. The summed E-state index contributed by atoms with van der Waals surface area (Å²) in [4.78, 5) is 11.4. The van der Waals surface area contributed by atoms with E-state index in [2.05, 4.69) is 12.2 Å². The van der Waals surface area contributed by atoms with Crippen molar-refractivity contribution >= 4 is 6.09 Å². The molecule has 1 aliphatic rings. The molecule has 3 nitrogen and oxygen atoms in total. The molecule has 0 saturated heterocycles. The van der Waals surface area contributed by atoms with Gasteiger partial charge in [-0.1, -0.05) is 13.3 Å². The van der Waals surface area contributed by atoms with Crippen LogP contribution < -0.4 is 5.32 Å². The van der Waals surface area contributed by atoms with Crippen molar-refractivity contribution in [3.63, 3.8) is 0 Å². The smallest absolute Gasteiger partial charge is 0.407 e. The molecule has 0 aliphatic heterocycles. The third kappa shape index (κ3) is 3.20. The van der Waals surface area contributed by atoms with Crippen molar-refractivity contribution < 1.29 is 9.53 Å². The van der Waals surface area contributed by atoms with Crippen LogP contribution in [0.5, 0.6) is 0 Å². The van der Waals surface area contributed by atoms with E-state index in [0.717, 1.165) is 12.8 Å². The summed E-state index contributed by atoms with van der Waals surface area (Å²) in [5, 5.41) is 2.91. The van der Waals surface area contributed by atoms with E-state index in [-0.39, 0.29) is 6.09 Å². The molecule has 1 saturated carbocycles. The fourth-order valence-electron chi connectivity index (χ4n) is 1.71. The van der Waals surface area contributed by atoms with Gasteiger partial charge in [0.05, 0.1) is 0 Å². The number of carbonyl (C=O) groups excluding carboxylic acids is 1. The monoisotopic (exact) mass is 199 g/mol. The van der Waals surface area contributed by atoms with E-state index in [0.29, 0.717) is 12.0 Å². The summed E-state index contributed by atoms with van der Waals surface area (Å²) in [6, 6.07) is 0.342. The lowest BCUT2D eigenvalue weighted by Gasteiger charge is -2.36. The number of ether oxygens (including phenoxy) is 1. The first-order chi connectivity index (χ1) is 6.42. The molecule has 1 fully saturated rings. The molecule has 1 rings (SSSR count). The fourth-order valence-corrected chi connectivity index (χ4v) is 1.71. The maximum Gasteiger partial charge on any atom is 0.407 e. The molecule has 0 aromatic heterocycles. The normalized spacial score (nSPS) is 26.6. The van der Waals surface area contributed by atoms with Gasteiger partial charge < -0.3 is 10.1 Å². The average molecular weight is 199 g/mol. The number of amides is 1. The van der Waals surface area contributed by atoms with E-state index in [9.17, 15) is 4.79 Å². The Kier molecular flexibility index (Phi) is 3.40. The first kappa shape index (κ1) is 11.3. The lowest BCUT2D eigenvalue weighted by atomic mass is 9.78. The molecule has 2 unspecified atom stereocenters. The standard InChI is InChI=1S/C11H21NO2/c1-5-8-6-7-9(8)12-10(13)14-11(2,3)4/h8-9H,5-7H2,1-4H3,(H,12,13). The van der Waals surface area contributed by atoms with Crippen molar-refractivity contribution in [1.82, 2.24) is 5.32 Å². The summed E-state index contributed by atoms with van der Waals surface area (Å²) < 4.78 is 5.19. The molecule has 0 bridgehead atoms. The van der Waals surface area contributed by atoms with Crippen molar-refractivity contribution in [2.45, 2.75) is 58.6 Å². The minimum atomic E-state index is -0.393. The summed E-state index contributed by atoms with van der Waals surface area (Å²) in [6.45, 7) is 7.80. The third-order valence-corrected chi connectivity index (χ3v) is 2.64. The van der Waals surface area contributed by atoms with Gasteiger partial charge in [0.2, 0.25) is 0 Å². The fraction of sp³-hybridized carbons (Fsp3) is 0.909. The lowest BCUT2D eigenvalue weighted by Crippen LogP contribution is -2.48. The first-order valence-electron chi connectivity index (χ1n) is 5.42. The zero-order valence-electron chi connectivity index (χ0n) is 9.59. The predicted molar refractivity (Wildman–Crippen MR) is 56.2 cm³/mol. The van der Waals surface area contributed by atoms with Crippen LogP contribution in [0.1, 0.15) is 47.0 Å². The van der Waals surface area contributed by atoms with Crippen LogP contribution in [-0.2, 0) is 4.74 Å². The molecule has 1 aliphatic carbocycles. The third-order valence-electron chi connectivity index (χ3n) is 2.64. The molecule has 2 atom stereocenters. The lowest BCUT2D eigenvalue weighted by molar-refractivity contribution is 0.0434. The Balaban J connectivity index is 2.27. The zero-order valence-corrected chi connectivity index (χ0v) is 9.59. The summed E-state index contributed by atoms with van der Waals surface area (Å²) >= 11 is 0. The second kappa shape index (κ2) is 4.20. The Labute approximate surface area is 86.2 Å². The molecule has 1 N–H and O–H groups in total. The molecule has 0 heterocycles. The van der Waals surface area contributed by atoms with Gasteiger partial charge in [-0.2, -0.15) is 0 Å². The van der Waals surface area contributed by atoms with Gasteiger partial charge >= 0.3 is 6.09 Å². The van der Waals surface area contributed by atoms with Gasteiger partial charge in [-0.15, -0.1) is 0 Å². The van der Waals surface area contributed by atoms with Crippen LogP contribution >= 0.6 is 0 Å². The van der Waals surface area contributed by atoms with Crippen molar-refractivity contribution in [1.29, 1.82) is 0 Å². The topological polar surface area (TPSA) is 38.3 Å². The molecular weight excluding hydrogens is 178 g/mol. The number of carbonyl (C=O) groups is 1. The van der Waals surface area contributed by atoms with Gasteiger partial charge in [0.15, 0.2) is 0 Å². The Hall–Kier alpha value is -0.730. The van der Waals surface area contributed by atoms with Gasteiger partial charge in [-0.25, -0.2) is 4.79 Å². The van der Waals surface area contributed by atoms with Gasteiger partial charge in [0.1, 0.15) is 5.60 Å². The van der Waals surface area contributed by atoms with Crippen molar-refractivity contribution in [3.8, 4) is 0 Å². The van der Waals surface area contributed by atoms with Crippen molar-refractivity contribution in [2.24, 2.45) is 5.92 Å². The predicted octanol–water partition coefficient (Wildman–Crippen LogP) is 2.70. The molecule has 0 radical (unpaired) electrons. The van der Waals surface area contributed by atoms with Crippen LogP contribution in [0, 0.1) is 5.92 Å². The minimum Gasteiger partial charge on any atom is -0.444 e. The highest BCUT2D eigenvalue weighted by Crippen LogP contribution is 2.30. The molecule has 1 amide bonds. The highest BCUT2D eigenvalue weighted by molar-refractivity contribution is 5.68. The highest BCUT2D eigenvalue weighted by Gasteiger charge is 2.31. The average Bonchev–Trinajstić information content (AvgIpc) is 1.96. The zero-order chi connectivity index (χ0) is 10.8. The Morgan fingerprint density at radius 1 is 1.43 bits per heavy atom. The molecule has 82 valence electrons. The van der Waals surface area contributed by atoms with Gasteiger partial charge in [-0.3, -0.25) is 0 Å². The van der Waals surface area contributed by atoms with Crippen LogP contribution in [0.25, 0.3) is 0 Å². The second-order valence-corrected chi connectivity index (χ2v) is 5.00. The maximum atomic E-state index is 11.4. The number of alkyl carbamates (subject to hydrolysis) is 1. The van der Waals surface area contributed by atoms with E-state index in [1.54, 1.807) is 0 Å². The Bertz CT molecular complexity index is 206. The van der Waals surface area contributed by atoms with Crippen molar-refractivity contribution in [3.05, 3.63) is 0 Å². The molecular formula is C11H21NO2. The van der Waals surface area contributed by atoms with Crippen LogP contribution in [-0.4, -0.2) is 17.7 Å². The quantitative estimate of drug-likeness (QED) is 0.742. The summed E-state index contributed by atoms with van der Waals surface area (Å²) in [6.07, 6.45) is 3.19. The summed E-state index contributed by atoms with van der Waals surface area (Å²) in [5.74, 6) is 0.655.